The highest BCUT2D eigenvalue weighted by atomic mass is 32.2. The summed E-state index contributed by atoms with van der Waals surface area (Å²) in [6.07, 6.45) is 0. The Labute approximate surface area is 100 Å². The second kappa shape index (κ2) is 4.26. The van der Waals surface area contributed by atoms with Gasteiger partial charge in [0.2, 0.25) is 0 Å². The zero-order chi connectivity index (χ0) is 11.7. The quantitative estimate of drug-likeness (QED) is 0.748. The molecule has 0 aromatic heterocycles. The number of anilines is 1. The zero-order valence-corrected chi connectivity index (χ0v) is 10.4. The summed E-state index contributed by atoms with van der Waals surface area (Å²) in [5.74, 6) is 0.855. The second-order valence-corrected chi connectivity index (χ2v) is 5.04. The number of methoxy groups -OCH3 is 1. The van der Waals surface area contributed by atoms with E-state index in [0.717, 1.165) is 16.3 Å². The fourth-order valence-corrected chi connectivity index (χ4v) is 2.97. The van der Waals surface area contributed by atoms with Gasteiger partial charge in [0.05, 0.1) is 24.9 Å². The number of fused-ring (bicyclic) bond motifs is 1. The van der Waals surface area contributed by atoms with Crippen LogP contribution in [0.3, 0.4) is 0 Å². The average Bonchev–Trinajstić information content (AvgIpc) is 2.33. The molecule has 1 aromatic rings. The van der Waals surface area contributed by atoms with E-state index in [-0.39, 0.29) is 11.3 Å². The number of hydrogen-bond acceptors (Lipinski definition) is 4. The Balaban J connectivity index is 2.43. The summed E-state index contributed by atoms with van der Waals surface area (Å²) in [4.78, 5) is 3.29. The van der Waals surface area contributed by atoms with Crippen LogP contribution in [0.1, 0.15) is 6.92 Å². The van der Waals surface area contributed by atoms with E-state index in [0.29, 0.717) is 0 Å². The molecule has 2 atom stereocenters. The van der Waals surface area contributed by atoms with Gasteiger partial charge in [-0.3, -0.25) is 0 Å². The predicted molar refractivity (Wildman–Crippen MR) is 66.1 cm³/mol. The maximum absolute atomic E-state index is 9.08. The molecule has 0 amide bonds. The molecule has 2 rings (SSSR count). The lowest BCUT2D eigenvalue weighted by Gasteiger charge is -2.36. The lowest BCUT2D eigenvalue weighted by molar-refractivity contribution is 0.414. The van der Waals surface area contributed by atoms with Crippen LogP contribution in [0.25, 0.3) is 0 Å². The van der Waals surface area contributed by atoms with Gasteiger partial charge >= 0.3 is 0 Å². The van der Waals surface area contributed by atoms with Gasteiger partial charge in [-0.15, -0.1) is 11.8 Å². The van der Waals surface area contributed by atoms with Crippen molar-refractivity contribution in [2.24, 2.45) is 0 Å². The summed E-state index contributed by atoms with van der Waals surface area (Å²) in [5.41, 5.74) is 1.14. The molecule has 4 heteroatoms. The molecule has 0 spiro atoms. The second-order valence-electron chi connectivity index (χ2n) is 3.85. The van der Waals surface area contributed by atoms with Crippen LogP contribution in [0.15, 0.2) is 23.1 Å². The van der Waals surface area contributed by atoms with Crippen molar-refractivity contribution in [2.75, 3.05) is 19.1 Å². The van der Waals surface area contributed by atoms with E-state index in [2.05, 4.69) is 17.9 Å². The maximum atomic E-state index is 9.08. The Morgan fingerprint density at radius 3 is 2.88 bits per heavy atom. The third-order valence-corrected chi connectivity index (χ3v) is 4.33. The van der Waals surface area contributed by atoms with Crippen LogP contribution in [0.4, 0.5) is 5.69 Å². The standard InChI is InChI=1S/C12H14N2OS/c1-8-12(7-13)16-11-5-4-9(15-3)6-10(11)14(8)2/h4-6,8,12H,1-3H3. The van der Waals surface area contributed by atoms with Gasteiger partial charge in [0.15, 0.2) is 0 Å². The van der Waals surface area contributed by atoms with Crippen molar-refractivity contribution in [3.8, 4) is 11.8 Å². The van der Waals surface area contributed by atoms with Crippen LogP contribution in [0.2, 0.25) is 0 Å². The van der Waals surface area contributed by atoms with Gasteiger partial charge in [-0.25, -0.2) is 0 Å². The van der Waals surface area contributed by atoms with Crippen molar-refractivity contribution in [1.29, 1.82) is 5.26 Å². The Morgan fingerprint density at radius 1 is 1.50 bits per heavy atom. The first kappa shape index (κ1) is 11.2. The first-order chi connectivity index (χ1) is 7.67. The normalized spacial score (nSPS) is 23.5. The van der Waals surface area contributed by atoms with Crippen molar-refractivity contribution in [3.63, 3.8) is 0 Å². The van der Waals surface area contributed by atoms with E-state index in [4.69, 9.17) is 10.00 Å². The molecule has 3 nitrogen and oxygen atoms in total. The molecular formula is C12H14N2OS. The number of hydrogen-bond donors (Lipinski definition) is 0. The van der Waals surface area contributed by atoms with E-state index in [1.807, 2.05) is 25.2 Å². The first-order valence-electron chi connectivity index (χ1n) is 5.14. The van der Waals surface area contributed by atoms with Crippen LogP contribution < -0.4 is 9.64 Å². The van der Waals surface area contributed by atoms with Gasteiger partial charge in [-0.2, -0.15) is 5.26 Å². The Hall–Kier alpha value is -1.34. The smallest absolute Gasteiger partial charge is 0.121 e. The molecule has 0 N–H and O–H groups in total. The van der Waals surface area contributed by atoms with Crippen molar-refractivity contribution < 1.29 is 4.74 Å². The molecule has 0 saturated carbocycles. The third-order valence-electron chi connectivity index (χ3n) is 2.98. The molecular weight excluding hydrogens is 220 g/mol. The Kier molecular flexibility index (Phi) is 2.97. The number of benzene rings is 1. The Bertz CT molecular complexity index is 441. The summed E-state index contributed by atoms with van der Waals surface area (Å²) < 4.78 is 5.22. The van der Waals surface area contributed by atoms with Crippen molar-refractivity contribution in [2.45, 2.75) is 23.1 Å². The molecule has 1 heterocycles. The molecule has 0 fully saturated rings. The lowest BCUT2D eigenvalue weighted by Crippen LogP contribution is -2.39. The number of nitriles is 1. The van der Waals surface area contributed by atoms with Gasteiger partial charge in [0.25, 0.3) is 0 Å². The van der Waals surface area contributed by atoms with E-state index in [9.17, 15) is 0 Å². The van der Waals surface area contributed by atoms with Crippen LogP contribution in [0, 0.1) is 11.3 Å². The van der Waals surface area contributed by atoms with Crippen molar-refractivity contribution >= 4 is 17.4 Å². The summed E-state index contributed by atoms with van der Waals surface area (Å²) >= 11 is 1.63. The maximum Gasteiger partial charge on any atom is 0.121 e. The van der Waals surface area contributed by atoms with Gasteiger partial charge < -0.3 is 9.64 Å². The molecule has 84 valence electrons. The largest absolute Gasteiger partial charge is 0.497 e. The number of ether oxygens (including phenoxy) is 1. The third kappa shape index (κ3) is 1.72. The minimum absolute atomic E-state index is 0.00843. The van der Waals surface area contributed by atoms with E-state index in [1.54, 1.807) is 18.9 Å². The summed E-state index contributed by atoms with van der Waals surface area (Å²) in [6, 6.07) is 8.54. The van der Waals surface area contributed by atoms with Crippen LogP contribution in [0.5, 0.6) is 5.75 Å². The predicted octanol–water partition coefficient (Wildman–Crippen LogP) is 2.52. The summed E-state index contributed by atoms with van der Waals surface area (Å²) in [6.45, 7) is 2.07. The first-order valence-corrected chi connectivity index (χ1v) is 6.02. The fraction of sp³-hybridized carbons (Fsp3) is 0.417. The number of thioether (sulfide) groups is 1. The molecule has 1 aliphatic heterocycles. The average molecular weight is 234 g/mol. The number of nitrogens with zero attached hydrogens (tertiary/aromatic N) is 2. The molecule has 1 aliphatic rings. The van der Waals surface area contributed by atoms with Gasteiger partial charge in [0.1, 0.15) is 11.0 Å². The monoisotopic (exact) mass is 234 g/mol. The lowest BCUT2D eigenvalue weighted by atomic mass is 10.1. The van der Waals surface area contributed by atoms with E-state index in [1.165, 1.54) is 0 Å². The fourth-order valence-electron chi connectivity index (χ4n) is 1.79. The number of rotatable bonds is 1. The molecule has 2 unspecified atom stereocenters. The van der Waals surface area contributed by atoms with Gasteiger partial charge in [-0.1, -0.05) is 0 Å². The van der Waals surface area contributed by atoms with Crippen molar-refractivity contribution in [3.05, 3.63) is 18.2 Å². The van der Waals surface area contributed by atoms with Crippen LogP contribution in [-0.2, 0) is 0 Å². The van der Waals surface area contributed by atoms with E-state index >= 15 is 0 Å². The topological polar surface area (TPSA) is 36.3 Å². The van der Waals surface area contributed by atoms with Crippen LogP contribution >= 0.6 is 11.8 Å². The van der Waals surface area contributed by atoms with Gasteiger partial charge in [0, 0.05) is 18.0 Å². The molecule has 1 aromatic carbocycles. The molecule has 0 bridgehead atoms. The summed E-state index contributed by atoms with van der Waals surface area (Å²) in [7, 11) is 3.69. The van der Waals surface area contributed by atoms with Gasteiger partial charge in [-0.05, 0) is 19.1 Å². The molecule has 16 heavy (non-hydrogen) atoms. The minimum atomic E-state index is -0.00843. The minimum Gasteiger partial charge on any atom is -0.497 e. The Morgan fingerprint density at radius 2 is 2.25 bits per heavy atom. The SMILES string of the molecule is COc1ccc2c(c1)N(C)C(C)C(C#N)S2. The molecule has 0 radical (unpaired) electrons. The molecule has 0 saturated heterocycles. The van der Waals surface area contributed by atoms with Crippen molar-refractivity contribution in [1.82, 2.24) is 0 Å². The highest BCUT2D eigenvalue weighted by Gasteiger charge is 2.29. The zero-order valence-electron chi connectivity index (χ0n) is 9.60. The van der Waals surface area contributed by atoms with E-state index < -0.39 is 0 Å². The summed E-state index contributed by atoms with van der Waals surface area (Å²) in [5, 5.41) is 9.07. The van der Waals surface area contributed by atoms with Crippen LogP contribution in [-0.4, -0.2) is 25.4 Å². The highest BCUT2D eigenvalue weighted by Crippen LogP contribution is 2.42. The highest BCUT2D eigenvalue weighted by molar-refractivity contribution is 8.00. The molecule has 0 aliphatic carbocycles.